The Hall–Kier alpha value is -2.15. The molecule has 6 nitrogen and oxygen atoms in total. The third-order valence-corrected chi connectivity index (χ3v) is 3.83. The monoisotopic (exact) mass is 290 g/mol. The average Bonchev–Trinajstić information content (AvgIpc) is 3.20. The van der Waals surface area contributed by atoms with Gasteiger partial charge in [-0.15, -0.1) is 11.3 Å². The standard InChI is InChI=1S/C13H14N4O2S/c1-19-12(18)9-4-8(14)5-15-11(9)17-13-16-10(6-20-13)7-2-3-7/h4-7H,2-3,14H2,1H3,(H,15,16,17). The normalized spacial score (nSPS) is 14.1. The zero-order chi connectivity index (χ0) is 14.1. The van der Waals surface area contributed by atoms with E-state index in [1.165, 1.54) is 43.6 Å². The van der Waals surface area contributed by atoms with Crippen LogP contribution in [0.25, 0.3) is 0 Å². The van der Waals surface area contributed by atoms with Gasteiger partial charge in [-0.2, -0.15) is 0 Å². The highest BCUT2D eigenvalue weighted by atomic mass is 32.1. The quantitative estimate of drug-likeness (QED) is 0.841. The number of aromatic nitrogens is 2. The molecule has 2 aromatic rings. The van der Waals surface area contributed by atoms with Gasteiger partial charge in [-0.3, -0.25) is 0 Å². The third kappa shape index (κ3) is 2.57. The summed E-state index contributed by atoms with van der Waals surface area (Å²) in [5.74, 6) is 0.523. The van der Waals surface area contributed by atoms with E-state index < -0.39 is 5.97 Å². The number of rotatable bonds is 4. The highest BCUT2D eigenvalue weighted by Crippen LogP contribution is 2.41. The van der Waals surface area contributed by atoms with Crippen molar-refractivity contribution in [3.63, 3.8) is 0 Å². The van der Waals surface area contributed by atoms with Crippen molar-refractivity contribution >= 4 is 33.9 Å². The van der Waals surface area contributed by atoms with Crippen LogP contribution in [0.3, 0.4) is 0 Å². The number of anilines is 3. The molecule has 0 spiro atoms. The Morgan fingerprint density at radius 2 is 2.35 bits per heavy atom. The summed E-state index contributed by atoms with van der Waals surface area (Å²) in [7, 11) is 1.32. The number of ether oxygens (including phenoxy) is 1. The fourth-order valence-corrected chi connectivity index (χ4v) is 2.65. The Balaban J connectivity index is 1.86. The van der Waals surface area contributed by atoms with E-state index in [1.807, 2.05) is 5.38 Å². The van der Waals surface area contributed by atoms with Gasteiger partial charge in [-0.1, -0.05) is 0 Å². The highest BCUT2D eigenvalue weighted by Gasteiger charge is 2.26. The van der Waals surface area contributed by atoms with E-state index >= 15 is 0 Å². The van der Waals surface area contributed by atoms with Gasteiger partial charge in [0, 0.05) is 11.3 Å². The van der Waals surface area contributed by atoms with Crippen LogP contribution < -0.4 is 11.1 Å². The Kier molecular flexibility index (Phi) is 3.27. The van der Waals surface area contributed by atoms with Gasteiger partial charge in [-0.05, 0) is 18.9 Å². The van der Waals surface area contributed by atoms with Crippen LogP contribution in [-0.4, -0.2) is 23.0 Å². The van der Waals surface area contributed by atoms with Crippen LogP contribution in [0.1, 0.15) is 34.8 Å². The first-order valence-electron chi connectivity index (χ1n) is 6.23. The molecule has 0 amide bonds. The summed E-state index contributed by atoms with van der Waals surface area (Å²) < 4.78 is 4.73. The number of nitrogen functional groups attached to an aromatic ring is 1. The second-order valence-electron chi connectivity index (χ2n) is 4.63. The summed E-state index contributed by atoms with van der Waals surface area (Å²) in [6.07, 6.45) is 3.90. The van der Waals surface area contributed by atoms with Crippen molar-refractivity contribution in [3.05, 3.63) is 28.9 Å². The molecule has 3 rings (SSSR count). The smallest absolute Gasteiger partial charge is 0.341 e. The van der Waals surface area contributed by atoms with Gasteiger partial charge in [-0.25, -0.2) is 14.8 Å². The Morgan fingerprint density at radius 1 is 1.55 bits per heavy atom. The molecule has 0 saturated heterocycles. The summed E-state index contributed by atoms with van der Waals surface area (Å²) in [6.45, 7) is 0. The summed E-state index contributed by atoms with van der Waals surface area (Å²) in [4.78, 5) is 20.4. The molecule has 1 fully saturated rings. The van der Waals surface area contributed by atoms with E-state index in [0.29, 0.717) is 28.1 Å². The molecule has 0 aliphatic heterocycles. The predicted molar refractivity (Wildman–Crippen MR) is 77.4 cm³/mol. The number of nitrogens with one attached hydrogen (secondary N) is 1. The summed E-state index contributed by atoms with van der Waals surface area (Å²) in [5, 5.41) is 5.81. The predicted octanol–water partition coefficient (Wildman–Crippen LogP) is 2.53. The van der Waals surface area contributed by atoms with Gasteiger partial charge in [0.05, 0.1) is 24.7 Å². The third-order valence-electron chi connectivity index (χ3n) is 3.06. The van der Waals surface area contributed by atoms with Gasteiger partial charge in [0.15, 0.2) is 5.13 Å². The van der Waals surface area contributed by atoms with E-state index in [4.69, 9.17) is 10.5 Å². The summed E-state index contributed by atoms with van der Waals surface area (Å²) in [6, 6.07) is 1.54. The molecule has 1 saturated carbocycles. The first-order chi connectivity index (χ1) is 9.67. The van der Waals surface area contributed by atoms with Crippen molar-refractivity contribution < 1.29 is 9.53 Å². The number of nitrogens with zero attached hydrogens (tertiary/aromatic N) is 2. The van der Waals surface area contributed by atoms with E-state index in [0.717, 1.165) is 5.69 Å². The number of esters is 1. The van der Waals surface area contributed by atoms with Crippen molar-refractivity contribution in [1.29, 1.82) is 0 Å². The van der Waals surface area contributed by atoms with E-state index in [2.05, 4.69) is 15.3 Å². The lowest BCUT2D eigenvalue weighted by molar-refractivity contribution is 0.0601. The van der Waals surface area contributed by atoms with Crippen molar-refractivity contribution in [3.8, 4) is 0 Å². The number of carbonyl (C=O) groups excluding carboxylic acids is 1. The lowest BCUT2D eigenvalue weighted by Crippen LogP contribution is -2.08. The molecule has 1 aliphatic rings. The van der Waals surface area contributed by atoms with Crippen LogP contribution in [0.4, 0.5) is 16.6 Å². The van der Waals surface area contributed by atoms with Crippen LogP contribution >= 0.6 is 11.3 Å². The summed E-state index contributed by atoms with van der Waals surface area (Å²) >= 11 is 1.50. The summed E-state index contributed by atoms with van der Waals surface area (Å²) in [5.41, 5.74) is 7.47. The number of thiazole rings is 1. The van der Waals surface area contributed by atoms with Crippen LogP contribution in [0.5, 0.6) is 0 Å². The lowest BCUT2D eigenvalue weighted by atomic mass is 10.2. The minimum atomic E-state index is -0.480. The number of methoxy groups -OCH3 is 1. The maximum Gasteiger partial charge on any atom is 0.341 e. The molecule has 2 heterocycles. The van der Waals surface area contributed by atoms with Crippen LogP contribution in [0.2, 0.25) is 0 Å². The SMILES string of the molecule is COC(=O)c1cc(N)cnc1Nc1nc(C2CC2)cs1. The number of carbonyl (C=O) groups is 1. The molecule has 3 N–H and O–H groups in total. The van der Waals surface area contributed by atoms with Gasteiger partial charge >= 0.3 is 5.97 Å². The molecule has 104 valence electrons. The van der Waals surface area contributed by atoms with E-state index in [1.54, 1.807) is 0 Å². The second-order valence-corrected chi connectivity index (χ2v) is 5.49. The molecule has 7 heteroatoms. The largest absolute Gasteiger partial charge is 0.465 e. The van der Waals surface area contributed by atoms with Crippen molar-refractivity contribution in [1.82, 2.24) is 9.97 Å². The molecular formula is C13H14N4O2S. The minimum absolute atomic E-state index is 0.302. The zero-order valence-electron chi connectivity index (χ0n) is 10.9. The molecular weight excluding hydrogens is 276 g/mol. The highest BCUT2D eigenvalue weighted by molar-refractivity contribution is 7.13. The molecule has 20 heavy (non-hydrogen) atoms. The lowest BCUT2D eigenvalue weighted by Gasteiger charge is -2.08. The topological polar surface area (TPSA) is 90.1 Å². The zero-order valence-corrected chi connectivity index (χ0v) is 11.7. The van der Waals surface area contributed by atoms with Crippen LogP contribution in [0.15, 0.2) is 17.6 Å². The van der Waals surface area contributed by atoms with Gasteiger partial charge < -0.3 is 15.8 Å². The number of hydrogen-bond donors (Lipinski definition) is 2. The van der Waals surface area contributed by atoms with Gasteiger partial charge in [0.1, 0.15) is 11.4 Å². The maximum absolute atomic E-state index is 11.7. The van der Waals surface area contributed by atoms with E-state index in [-0.39, 0.29) is 0 Å². The van der Waals surface area contributed by atoms with Crippen molar-refractivity contribution in [2.75, 3.05) is 18.2 Å². The fraction of sp³-hybridized carbons (Fsp3) is 0.308. The first-order valence-corrected chi connectivity index (χ1v) is 7.11. The Bertz CT molecular complexity index is 652. The first kappa shape index (κ1) is 12.9. The molecule has 0 radical (unpaired) electrons. The molecule has 2 aromatic heterocycles. The van der Waals surface area contributed by atoms with Crippen molar-refractivity contribution in [2.45, 2.75) is 18.8 Å². The molecule has 1 aliphatic carbocycles. The number of hydrogen-bond acceptors (Lipinski definition) is 7. The second kappa shape index (κ2) is 5.09. The molecule has 0 bridgehead atoms. The maximum atomic E-state index is 11.7. The molecule has 0 atom stereocenters. The Morgan fingerprint density at radius 3 is 3.05 bits per heavy atom. The van der Waals surface area contributed by atoms with E-state index in [9.17, 15) is 4.79 Å². The van der Waals surface area contributed by atoms with Crippen LogP contribution in [-0.2, 0) is 4.74 Å². The van der Waals surface area contributed by atoms with Gasteiger partial charge in [0.25, 0.3) is 0 Å². The number of nitrogens with two attached hydrogens (primary N) is 1. The Labute approximate surface area is 120 Å². The average molecular weight is 290 g/mol. The molecule has 0 unspecified atom stereocenters. The minimum Gasteiger partial charge on any atom is -0.465 e. The number of pyridine rings is 1. The molecule has 0 aromatic carbocycles. The van der Waals surface area contributed by atoms with Crippen molar-refractivity contribution in [2.24, 2.45) is 0 Å². The fourth-order valence-electron chi connectivity index (χ4n) is 1.86. The van der Waals surface area contributed by atoms with Crippen LogP contribution in [0, 0.1) is 0 Å². The van der Waals surface area contributed by atoms with Gasteiger partial charge in [0.2, 0.25) is 0 Å².